The van der Waals surface area contributed by atoms with Gasteiger partial charge in [-0.25, -0.2) is 24.5 Å². The van der Waals surface area contributed by atoms with Gasteiger partial charge in [-0.3, -0.25) is 14.7 Å². The summed E-state index contributed by atoms with van der Waals surface area (Å²) in [4.78, 5) is 49.3. The predicted molar refractivity (Wildman–Crippen MR) is 148 cm³/mol. The van der Waals surface area contributed by atoms with Crippen molar-refractivity contribution in [3.63, 3.8) is 0 Å². The third-order valence-electron chi connectivity index (χ3n) is 7.49. The molecule has 4 rings (SSSR count). The number of carboxylic acid groups (broad SMARTS) is 1. The average molecular weight is 643 g/mol. The number of imidazole rings is 1. The molecule has 2 saturated heterocycles. The molecule has 2 unspecified atom stereocenters. The molecule has 2 fully saturated rings. The van der Waals surface area contributed by atoms with Gasteiger partial charge in [0.15, 0.2) is 35.5 Å². The van der Waals surface area contributed by atoms with Crippen LogP contribution in [0.3, 0.4) is 0 Å². The van der Waals surface area contributed by atoms with Crippen molar-refractivity contribution < 1.29 is 64.0 Å². The zero-order valence-electron chi connectivity index (χ0n) is 24.7. The molecule has 11 atom stereocenters. The molecular formula is C26H38N6O13. The number of ether oxygens (including phenoxy) is 4. The van der Waals surface area contributed by atoms with Crippen LogP contribution in [-0.2, 0) is 28.5 Å². The molecule has 0 saturated carbocycles. The molecule has 0 spiro atoms. The number of hydrogen-bond donors (Lipinski definition) is 8. The maximum absolute atomic E-state index is 12.8. The third-order valence-corrected chi connectivity index (χ3v) is 7.49. The summed E-state index contributed by atoms with van der Waals surface area (Å²) >= 11 is 0. The number of fused-ring (bicyclic) bond motifs is 1. The molecule has 2 amide bonds. The van der Waals surface area contributed by atoms with E-state index in [0.29, 0.717) is 0 Å². The van der Waals surface area contributed by atoms with E-state index in [-0.39, 0.29) is 42.9 Å². The Bertz CT molecular complexity index is 1350. The van der Waals surface area contributed by atoms with Crippen LogP contribution in [0.1, 0.15) is 46.3 Å². The van der Waals surface area contributed by atoms with Crippen LogP contribution in [0.25, 0.3) is 11.2 Å². The van der Waals surface area contributed by atoms with E-state index in [0.717, 1.165) is 6.33 Å². The highest BCUT2D eigenvalue weighted by Gasteiger charge is 2.40. The number of aromatic nitrogens is 4. The van der Waals surface area contributed by atoms with Gasteiger partial charge in [0.05, 0.1) is 31.2 Å². The number of aliphatic hydroxyl groups excluding tert-OH is 5. The van der Waals surface area contributed by atoms with Crippen LogP contribution in [0.15, 0.2) is 12.7 Å². The van der Waals surface area contributed by atoms with E-state index in [1.54, 1.807) is 13.8 Å². The number of nitrogens with one attached hydrogen (secondary N) is 2. The van der Waals surface area contributed by atoms with Crippen LogP contribution in [0.4, 0.5) is 10.6 Å². The number of aliphatic carboxylic acids is 1. The van der Waals surface area contributed by atoms with Crippen molar-refractivity contribution in [1.82, 2.24) is 24.8 Å². The Balaban J connectivity index is 1.31. The Morgan fingerprint density at radius 3 is 2.51 bits per heavy atom. The molecular weight excluding hydrogens is 604 g/mol. The van der Waals surface area contributed by atoms with E-state index in [9.17, 15) is 45.0 Å². The van der Waals surface area contributed by atoms with E-state index in [2.05, 4.69) is 25.6 Å². The maximum Gasteiger partial charge on any atom is 0.330 e. The van der Waals surface area contributed by atoms with Crippen molar-refractivity contribution in [3.8, 4) is 0 Å². The molecule has 2 aliphatic heterocycles. The number of aliphatic hydroxyl groups is 5. The van der Waals surface area contributed by atoms with Crippen LogP contribution >= 0.6 is 0 Å². The molecule has 45 heavy (non-hydrogen) atoms. The summed E-state index contributed by atoms with van der Waals surface area (Å²) in [6.07, 6.45) is -8.32. The molecule has 2 aromatic rings. The van der Waals surface area contributed by atoms with Gasteiger partial charge in [-0.1, -0.05) is 0 Å². The first kappa shape index (κ1) is 34.3. The number of amides is 2. The van der Waals surface area contributed by atoms with E-state index >= 15 is 0 Å². The first-order valence-corrected chi connectivity index (χ1v) is 14.3. The van der Waals surface area contributed by atoms with E-state index < -0.39 is 85.4 Å². The van der Waals surface area contributed by atoms with E-state index in [1.165, 1.54) is 17.8 Å². The minimum atomic E-state index is -1.66. The van der Waals surface area contributed by atoms with Gasteiger partial charge < -0.3 is 54.9 Å². The molecule has 19 heteroatoms. The fourth-order valence-electron chi connectivity index (χ4n) is 4.85. The molecule has 250 valence electrons. The molecule has 2 aliphatic rings. The van der Waals surface area contributed by atoms with Crippen LogP contribution in [-0.4, -0.2) is 136 Å². The van der Waals surface area contributed by atoms with Crippen molar-refractivity contribution in [2.24, 2.45) is 0 Å². The number of anilines is 1. The summed E-state index contributed by atoms with van der Waals surface area (Å²) in [6.45, 7) is 4.32. The number of esters is 1. The molecule has 19 nitrogen and oxygen atoms in total. The molecule has 4 heterocycles. The average Bonchev–Trinajstić information content (AvgIpc) is 3.41. The summed E-state index contributed by atoms with van der Waals surface area (Å²) in [6, 6.07) is -2.67. The number of urea groups is 1. The summed E-state index contributed by atoms with van der Waals surface area (Å²) in [7, 11) is 0. The summed E-state index contributed by atoms with van der Waals surface area (Å²) < 4.78 is 23.0. The second-order valence-corrected chi connectivity index (χ2v) is 11.0. The lowest BCUT2D eigenvalue weighted by molar-refractivity contribution is -0.273. The second kappa shape index (κ2) is 14.7. The lowest BCUT2D eigenvalue weighted by Gasteiger charge is -2.36. The summed E-state index contributed by atoms with van der Waals surface area (Å²) in [5.41, 5.74) is 0.142. The fraction of sp³-hybridized carbons (Fsp3) is 0.692. The second-order valence-electron chi connectivity index (χ2n) is 11.0. The minimum absolute atomic E-state index is 0.0449. The molecule has 0 bridgehead atoms. The maximum atomic E-state index is 12.8. The highest BCUT2D eigenvalue weighted by atomic mass is 16.7. The first-order chi connectivity index (χ1) is 21.3. The number of rotatable bonds is 11. The Morgan fingerprint density at radius 1 is 1.07 bits per heavy atom. The molecule has 0 radical (unpaired) electrons. The smallest absolute Gasteiger partial charge is 0.330 e. The van der Waals surface area contributed by atoms with Crippen molar-refractivity contribution >= 4 is 35.0 Å². The van der Waals surface area contributed by atoms with Gasteiger partial charge in [-0.2, -0.15) is 0 Å². The Kier molecular flexibility index (Phi) is 11.2. The Labute approximate surface area is 256 Å². The zero-order valence-corrected chi connectivity index (χ0v) is 24.7. The van der Waals surface area contributed by atoms with Gasteiger partial charge in [0, 0.05) is 12.8 Å². The standard InChI is InChI=1S/C26H38N6O13/c1-10(43-25-14(34)6-13(33)11(2)45-25)4-5-16(36)44-12(3)17(24(39)40)30-26(41)31-21-18-22(28-8-27-21)32(9-29-18)23-20(38)19(37)15(35)7-42-23/h8-15,17,19-20,23,25,33-35,37-38H,4-7H2,1-3H3,(H,39,40)(H2,27,28,30,31,41)/t10-,11?,12-,13+,14-,15-,17+,19?,20+,23-,25+/m1/s1. The monoisotopic (exact) mass is 642 g/mol. The number of carbonyl (C=O) groups excluding carboxylic acids is 2. The van der Waals surface area contributed by atoms with Crippen molar-refractivity contribution in [2.75, 3.05) is 11.9 Å². The van der Waals surface area contributed by atoms with E-state index in [1.807, 2.05) is 0 Å². The number of carboxylic acids is 1. The van der Waals surface area contributed by atoms with Crippen LogP contribution < -0.4 is 10.6 Å². The lowest BCUT2D eigenvalue weighted by Crippen LogP contribution is -2.50. The van der Waals surface area contributed by atoms with Gasteiger partial charge >= 0.3 is 18.0 Å². The topological polar surface area (TPSA) is 277 Å². The number of nitrogens with zero attached hydrogens (tertiary/aromatic N) is 4. The van der Waals surface area contributed by atoms with Gasteiger partial charge in [-0.15, -0.1) is 0 Å². The van der Waals surface area contributed by atoms with Gasteiger partial charge in [-0.05, 0) is 27.2 Å². The highest BCUT2D eigenvalue weighted by Crippen LogP contribution is 2.28. The largest absolute Gasteiger partial charge is 0.480 e. The number of carbonyl (C=O) groups is 3. The zero-order chi connectivity index (χ0) is 33.0. The van der Waals surface area contributed by atoms with Crippen LogP contribution in [0.5, 0.6) is 0 Å². The fourth-order valence-corrected chi connectivity index (χ4v) is 4.85. The van der Waals surface area contributed by atoms with E-state index in [4.69, 9.17) is 18.9 Å². The van der Waals surface area contributed by atoms with Crippen LogP contribution in [0, 0.1) is 0 Å². The normalized spacial score (nSPS) is 30.7. The minimum Gasteiger partial charge on any atom is -0.480 e. The van der Waals surface area contributed by atoms with Crippen LogP contribution in [0.2, 0.25) is 0 Å². The number of hydrogen-bond acceptors (Lipinski definition) is 15. The molecule has 0 aliphatic carbocycles. The van der Waals surface area contributed by atoms with Crippen molar-refractivity contribution in [3.05, 3.63) is 12.7 Å². The van der Waals surface area contributed by atoms with Crippen molar-refractivity contribution in [1.29, 1.82) is 0 Å². The lowest BCUT2D eigenvalue weighted by atomic mass is 10.0. The first-order valence-electron chi connectivity index (χ1n) is 14.3. The Hall–Kier alpha value is -3.56. The van der Waals surface area contributed by atoms with Gasteiger partial charge in [0.2, 0.25) is 0 Å². The summed E-state index contributed by atoms with van der Waals surface area (Å²) in [5, 5.41) is 64.2. The molecule has 0 aromatic carbocycles. The Morgan fingerprint density at radius 2 is 1.80 bits per heavy atom. The predicted octanol–water partition coefficient (Wildman–Crippen LogP) is -2.01. The third kappa shape index (κ3) is 8.19. The highest BCUT2D eigenvalue weighted by molar-refractivity contribution is 5.97. The SMILES string of the molecule is CC1O[C@H](O[C@H](C)CCC(=O)O[C@H](C)[C@H](NC(=O)Nc2ncnc3c2ncn3[C@@H]2OC[C@@H](O)C(O)[C@@H]2O)C(=O)O)[C@H](O)C[C@@H]1O. The summed E-state index contributed by atoms with van der Waals surface area (Å²) in [5.74, 6) is -2.36. The van der Waals surface area contributed by atoms with Gasteiger partial charge in [0.25, 0.3) is 0 Å². The van der Waals surface area contributed by atoms with Gasteiger partial charge in [0.1, 0.15) is 36.8 Å². The van der Waals surface area contributed by atoms with Crippen molar-refractivity contribution in [2.45, 2.75) is 107 Å². The molecule has 8 N–H and O–H groups in total. The molecule has 2 aromatic heterocycles. The quantitative estimate of drug-likeness (QED) is 0.123.